The van der Waals surface area contributed by atoms with Gasteiger partial charge in [0.15, 0.2) is 0 Å². The fourth-order valence-electron chi connectivity index (χ4n) is 2.94. The zero-order valence-corrected chi connectivity index (χ0v) is 11.4. The molecule has 1 fully saturated rings. The maximum Gasteiger partial charge on any atom is -0.0162 e. The van der Waals surface area contributed by atoms with Crippen molar-refractivity contribution in [3.63, 3.8) is 0 Å². The van der Waals surface area contributed by atoms with E-state index < -0.39 is 0 Å². The van der Waals surface area contributed by atoms with E-state index in [4.69, 9.17) is 0 Å². The zero-order valence-electron chi connectivity index (χ0n) is 11.4. The first-order valence-electron chi connectivity index (χ1n) is 7.37. The molecular weight excluding hydrogens is 204 g/mol. The van der Waals surface area contributed by atoms with E-state index in [0.29, 0.717) is 5.92 Å². The highest BCUT2D eigenvalue weighted by molar-refractivity contribution is 5.27. The summed E-state index contributed by atoms with van der Waals surface area (Å²) in [7, 11) is 0. The third-order valence-electron chi connectivity index (χ3n) is 4.18. The molecule has 0 heterocycles. The van der Waals surface area contributed by atoms with Crippen molar-refractivity contribution in [1.29, 1.82) is 0 Å². The van der Waals surface area contributed by atoms with Crippen LogP contribution in [-0.2, 0) is 0 Å². The maximum absolute atomic E-state index is 2.38. The second-order valence-electron chi connectivity index (χ2n) is 5.86. The summed E-state index contributed by atoms with van der Waals surface area (Å²) in [5.74, 6) is 1.48. The predicted octanol–water partition coefficient (Wildman–Crippen LogP) is 5.64. The van der Waals surface area contributed by atoms with Gasteiger partial charge in [0.1, 0.15) is 0 Å². The SMILES string of the molecule is CC(C)c1ccc(C2CCCCCCC2)cc1. The van der Waals surface area contributed by atoms with Gasteiger partial charge in [0, 0.05) is 0 Å². The van der Waals surface area contributed by atoms with E-state index in [0.717, 1.165) is 5.92 Å². The van der Waals surface area contributed by atoms with Gasteiger partial charge in [-0.15, -0.1) is 0 Å². The molecule has 0 N–H and O–H groups in total. The van der Waals surface area contributed by atoms with Crippen LogP contribution in [0.5, 0.6) is 0 Å². The molecule has 0 aromatic heterocycles. The van der Waals surface area contributed by atoms with Gasteiger partial charge in [-0.05, 0) is 35.8 Å². The highest BCUT2D eigenvalue weighted by atomic mass is 14.2. The van der Waals surface area contributed by atoms with E-state index in [-0.39, 0.29) is 0 Å². The Labute approximate surface area is 106 Å². The lowest BCUT2D eigenvalue weighted by atomic mass is 9.85. The Morgan fingerprint density at radius 3 is 1.88 bits per heavy atom. The molecule has 1 aliphatic carbocycles. The molecule has 0 atom stereocenters. The van der Waals surface area contributed by atoms with Crippen molar-refractivity contribution in [2.24, 2.45) is 0 Å². The molecular formula is C17H26. The Hall–Kier alpha value is -0.780. The van der Waals surface area contributed by atoms with E-state index in [2.05, 4.69) is 38.1 Å². The summed E-state index contributed by atoms with van der Waals surface area (Å²) in [6.45, 7) is 4.54. The van der Waals surface area contributed by atoms with Crippen LogP contribution in [0.3, 0.4) is 0 Å². The largest absolute Gasteiger partial charge is 0.0587 e. The number of rotatable bonds is 2. The van der Waals surface area contributed by atoms with Crippen LogP contribution in [0.1, 0.15) is 81.8 Å². The molecule has 0 saturated heterocycles. The molecule has 0 spiro atoms. The fraction of sp³-hybridized carbons (Fsp3) is 0.647. The minimum Gasteiger partial charge on any atom is -0.0587 e. The Morgan fingerprint density at radius 2 is 1.35 bits per heavy atom. The minimum absolute atomic E-state index is 0.654. The van der Waals surface area contributed by atoms with Gasteiger partial charge in [-0.2, -0.15) is 0 Å². The van der Waals surface area contributed by atoms with Crippen molar-refractivity contribution in [2.45, 2.75) is 70.6 Å². The van der Waals surface area contributed by atoms with Crippen molar-refractivity contribution in [1.82, 2.24) is 0 Å². The predicted molar refractivity (Wildman–Crippen MR) is 75.6 cm³/mol. The van der Waals surface area contributed by atoms with Gasteiger partial charge in [-0.25, -0.2) is 0 Å². The molecule has 1 saturated carbocycles. The fourth-order valence-corrected chi connectivity index (χ4v) is 2.94. The van der Waals surface area contributed by atoms with Crippen molar-refractivity contribution in [3.05, 3.63) is 35.4 Å². The summed E-state index contributed by atoms with van der Waals surface area (Å²) in [5, 5.41) is 0. The van der Waals surface area contributed by atoms with Crippen molar-refractivity contribution >= 4 is 0 Å². The molecule has 17 heavy (non-hydrogen) atoms. The van der Waals surface area contributed by atoms with Crippen LogP contribution in [0.4, 0.5) is 0 Å². The molecule has 1 aliphatic rings. The van der Waals surface area contributed by atoms with Crippen LogP contribution in [-0.4, -0.2) is 0 Å². The molecule has 0 unspecified atom stereocenters. The van der Waals surface area contributed by atoms with Gasteiger partial charge in [-0.3, -0.25) is 0 Å². The Balaban J connectivity index is 2.04. The van der Waals surface area contributed by atoms with Crippen molar-refractivity contribution < 1.29 is 0 Å². The van der Waals surface area contributed by atoms with Gasteiger partial charge in [0.05, 0.1) is 0 Å². The summed E-state index contributed by atoms with van der Waals surface area (Å²) in [6, 6.07) is 9.42. The van der Waals surface area contributed by atoms with E-state index in [1.807, 2.05) is 0 Å². The van der Waals surface area contributed by atoms with Gasteiger partial charge < -0.3 is 0 Å². The monoisotopic (exact) mass is 230 g/mol. The molecule has 1 aromatic rings. The molecule has 0 heteroatoms. The summed E-state index contributed by atoms with van der Waals surface area (Å²) in [5.41, 5.74) is 3.05. The van der Waals surface area contributed by atoms with Crippen LogP contribution >= 0.6 is 0 Å². The summed E-state index contributed by atoms with van der Waals surface area (Å²) in [4.78, 5) is 0. The van der Waals surface area contributed by atoms with E-state index in [9.17, 15) is 0 Å². The van der Waals surface area contributed by atoms with E-state index in [1.54, 1.807) is 5.56 Å². The number of benzene rings is 1. The highest BCUT2D eigenvalue weighted by Crippen LogP contribution is 2.31. The third kappa shape index (κ3) is 3.59. The van der Waals surface area contributed by atoms with Crippen molar-refractivity contribution in [3.8, 4) is 0 Å². The molecule has 0 nitrogen and oxygen atoms in total. The first kappa shape index (κ1) is 12.7. The van der Waals surface area contributed by atoms with Crippen LogP contribution in [0, 0.1) is 0 Å². The Bertz CT molecular complexity index is 312. The van der Waals surface area contributed by atoms with Gasteiger partial charge in [0.25, 0.3) is 0 Å². The van der Waals surface area contributed by atoms with Crippen LogP contribution < -0.4 is 0 Å². The highest BCUT2D eigenvalue weighted by Gasteiger charge is 2.13. The maximum atomic E-state index is 2.38. The standard InChI is InChI=1S/C17H26/c1-14(2)15-10-12-17(13-11-15)16-8-6-4-3-5-7-9-16/h10-14,16H,3-9H2,1-2H3. The molecule has 0 aliphatic heterocycles. The average molecular weight is 230 g/mol. The van der Waals surface area contributed by atoms with E-state index in [1.165, 1.54) is 50.5 Å². The van der Waals surface area contributed by atoms with Gasteiger partial charge in [0.2, 0.25) is 0 Å². The lowest BCUT2D eigenvalue weighted by molar-refractivity contribution is 0.455. The lowest BCUT2D eigenvalue weighted by Crippen LogP contribution is -2.02. The second-order valence-corrected chi connectivity index (χ2v) is 5.86. The summed E-state index contributed by atoms with van der Waals surface area (Å²) in [6.07, 6.45) is 10.0. The summed E-state index contributed by atoms with van der Waals surface area (Å²) < 4.78 is 0. The lowest BCUT2D eigenvalue weighted by Gasteiger charge is -2.20. The first-order valence-corrected chi connectivity index (χ1v) is 7.37. The summed E-state index contributed by atoms with van der Waals surface area (Å²) >= 11 is 0. The molecule has 94 valence electrons. The number of hydrogen-bond donors (Lipinski definition) is 0. The molecule has 0 radical (unpaired) electrons. The average Bonchev–Trinajstić information content (AvgIpc) is 2.29. The molecule has 0 amide bonds. The second kappa shape index (κ2) is 6.23. The Kier molecular flexibility index (Phi) is 4.65. The zero-order chi connectivity index (χ0) is 12.1. The molecule has 1 aromatic carbocycles. The van der Waals surface area contributed by atoms with Crippen LogP contribution in [0.2, 0.25) is 0 Å². The third-order valence-corrected chi connectivity index (χ3v) is 4.18. The number of hydrogen-bond acceptors (Lipinski definition) is 0. The first-order chi connectivity index (χ1) is 8.27. The van der Waals surface area contributed by atoms with E-state index >= 15 is 0 Å². The normalized spacial score (nSPS) is 19.0. The molecule has 2 rings (SSSR count). The van der Waals surface area contributed by atoms with Crippen LogP contribution in [0.25, 0.3) is 0 Å². The quantitative estimate of drug-likeness (QED) is 0.617. The van der Waals surface area contributed by atoms with Crippen molar-refractivity contribution in [2.75, 3.05) is 0 Å². The smallest absolute Gasteiger partial charge is 0.0162 e. The topological polar surface area (TPSA) is 0 Å². The Morgan fingerprint density at radius 1 is 0.824 bits per heavy atom. The molecule has 0 bridgehead atoms. The van der Waals surface area contributed by atoms with Gasteiger partial charge in [-0.1, -0.05) is 70.2 Å². The van der Waals surface area contributed by atoms with Crippen LogP contribution in [0.15, 0.2) is 24.3 Å². The van der Waals surface area contributed by atoms with Gasteiger partial charge >= 0.3 is 0 Å². The minimum atomic E-state index is 0.654.